The van der Waals surface area contributed by atoms with Crippen LogP contribution >= 0.6 is 11.6 Å². The van der Waals surface area contributed by atoms with Crippen molar-refractivity contribution in [1.82, 2.24) is 10.2 Å². The van der Waals surface area contributed by atoms with Crippen LogP contribution in [0.1, 0.15) is 23.2 Å². The maximum Gasteiger partial charge on any atom is 0.255 e. The van der Waals surface area contributed by atoms with Gasteiger partial charge in [0.25, 0.3) is 5.91 Å². The molecule has 6 nitrogen and oxygen atoms in total. The second kappa shape index (κ2) is 7.25. The highest BCUT2D eigenvalue weighted by molar-refractivity contribution is 6.35. The van der Waals surface area contributed by atoms with E-state index in [4.69, 9.17) is 26.5 Å². The fourth-order valence-corrected chi connectivity index (χ4v) is 5.30. The third-order valence-corrected chi connectivity index (χ3v) is 7.09. The average molecular weight is 404 g/mol. The Kier molecular flexibility index (Phi) is 4.73. The Bertz CT molecular complexity index is 880. The van der Waals surface area contributed by atoms with Crippen molar-refractivity contribution >= 4 is 34.2 Å². The van der Waals surface area contributed by atoms with Crippen molar-refractivity contribution < 1.29 is 13.9 Å². The molecule has 3 N–H and O–H groups in total. The minimum absolute atomic E-state index is 0.147. The molecule has 5 rings (SSSR count). The molecule has 1 amide bonds. The molecule has 2 aliphatic heterocycles. The van der Waals surface area contributed by atoms with Gasteiger partial charge in [0.15, 0.2) is 0 Å². The van der Waals surface area contributed by atoms with Crippen molar-refractivity contribution in [3.05, 3.63) is 29.0 Å². The van der Waals surface area contributed by atoms with E-state index in [0.717, 1.165) is 31.0 Å². The van der Waals surface area contributed by atoms with Gasteiger partial charge in [0.05, 0.1) is 22.5 Å². The van der Waals surface area contributed by atoms with E-state index in [2.05, 4.69) is 10.2 Å². The fourth-order valence-electron chi connectivity index (χ4n) is 5.09. The van der Waals surface area contributed by atoms with Crippen LogP contribution in [0.15, 0.2) is 22.8 Å². The van der Waals surface area contributed by atoms with Gasteiger partial charge in [0.1, 0.15) is 5.58 Å². The maximum absolute atomic E-state index is 12.7. The molecular formula is C21H26ClN3O3. The summed E-state index contributed by atoms with van der Waals surface area (Å²) in [5, 5.41) is 4.15. The van der Waals surface area contributed by atoms with Crippen molar-refractivity contribution in [2.45, 2.75) is 12.8 Å². The minimum atomic E-state index is -0.147. The molecule has 1 aromatic carbocycles. The fraction of sp³-hybridized carbons (Fsp3) is 0.571. The highest BCUT2D eigenvalue weighted by Gasteiger charge is 2.55. The van der Waals surface area contributed by atoms with E-state index in [1.165, 1.54) is 38.7 Å². The third kappa shape index (κ3) is 3.27. The van der Waals surface area contributed by atoms with E-state index in [1.807, 2.05) is 0 Å². The van der Waals surface area contributed by atoms with Crippen LogP contribution in [0.4, 0.5) is 5.69 Å². The number of nitrogens with zero attached hydrogens (tertiary/aromatic N) is 1. The SMILES string of the molecule is Nc1c(Cl)cc(C(=O)NCC2C3CN(CC4CCOCC4)CC23)c2occc12. The summed E-state index contributed by atoms with van der Waals surface area (Å²) in [5.41, 5.74) is 7.37. The van der Waals surface area contributed by atoms with Gasteiger partial charge in [-0.05, 0) is 48.6 Å². The quantitative estimate of drug-likeness (QED) is 0.750. The van der Waals surface area contributed by atoms with Gasteiger partial charge >= 0.3 is 0 Å². The van der Waals surface area contributed by atoms with Crippen LogP contribution in [0.3, 0.4) is 0 Å². The topological polar surface area (TPSA) is 80.7 Å². The smallest absolute Gasteiger partial charge is 0.255 e. The van der Waals surface area contributed by atoms with E-state index in [0.29, 0.717) is 39.7 Å². The van der Waals surface area contributed by atoms with E-state index >= 15 is 0 Å². The summed E-state index contributed by atoms with van der Waals surface area (Å²) in [6.45, 7) is 6.08. The highest BCUT2D eigenvalue weighted by atomic mass is 35.5. The molecule has 1 aromatic heterocycles. The molecule has 2 unspecified atom stereocenters. The van der Waals surface area contributed by atoms with Crippen LogP contribution in [0, 0.1) is 23.7 Å². The van der Waals surface area contributed by atoms with Crippen LogP contribution in [-0.4, -0.2) is 50.2 Å². The molecule has 7 heteroatoms. The standard InChI is InChI=1S/C21H26ClN3O3/c22-18-7-14(20-13(19(18)23)3-6-28-20)21(26)24-8-15-16-10-25(11-17(15)16)9-12-1-4-27-5-2-12/h3,6-7,12,15-17H,1-2,4-5,8-11,23H2,(H,24,26). The van der Waals surface area contributed by atoms with Crippen molar-refractivity contribution in [3.8, 4) is 0 Å². The molecule has 150 valence electrons. The predicted octanol–water partition coefficient (Wildman–Crippen LogP) is 3.00. The summed E-state index contributed by atoms with van der Waals surface area (Å²) in [4.78, 5) is 15.3. The van der Waals surface area contributed by atoms with Crippen LogP contribution in [0.5, 0.6) is 0 Å². The van der Waals surface area contributed by atoms with Gasteiger partial charge in [-0.15, -0.1) is 0 Å². The molecule has 28 heavy (non-hydrogen) atoms. The van der Waals surface area contributed by atoms with Crippen molar-refractivity contribution in [2.75, 3.05) is 45.1 Å². The zero-order valence-electron chi connectivity index (χ0n) is 15.8. The van der Waals surface area contributed by atoms with Crippen LogP contribution in [-0.2, 0) is 4.74 Å². The summed E-state index contributed by atoms with van der Waals surface area (Å²) in [7, 11) is 0. The third-order valence-electron chi connectivity index (χ3n) is 6.78. The zero-order valence-corrected chi connectivity index (χ0v) is 16.6. The second-order valence-corrected chi connectivity index (χ2v) is 8.87. The number of likely N-dealkylation sites (tertiary alicyclic amines) is 1. The Hall–Kier alpha value is -1.76. The second-order valence-electron chi connectivity index (χ2n) is 8.46. The van der Waals surface area contributed by atoms with Gasteiger partial charge < -0.3 is 25.1 Å². The van der Waals surface area contributed by atoms with Gasteiger partial charge in [-0.2, -0.15) is 0 Å². The number of benzene rings is 1. The number of halogens is 1. The van der Waals surface area contributed by atoms with E-state index in [9.17, 15) is 4.79 Å². The zero-order chi connectivity index (χ0) is 19.3. The molecule has 2 aromatic rings. The number of nitrogen functional groups attached to an aromatic ring is 1. The molecule has 2 atom stereocenters. The number of carbonyl (C=O) groups is 1. The number of furan rings is 1. The molecule has 3 heterocycles. The lowest BCUT2D eigenvalue weighted by molar-refractivity contribution is 0.0535. The summed E-state index contributed by atoms with van der Waals surface area (Å²) >= 11 is 6.18. The summed E-state index contributed by atoms with van der Waals surface area (Å²) in [5.74, 6) is 2.67. The molecule has 3 fully saturated rings. The van der Waals surface area contributed by atoms with Crippen LogP contribution in [0.2, 0.25) is 5.02 Å². The molecule has 1 aliphatic carbocycles. The molecular weight excluding hydrogens is 378 g/mol. The first-order valence-electron chi connectivity index (χ1n) is 10.2. The minimum Gasteiger partial charge on any atom is -0.463 e. The lowest BCUT2D eigenvalue weighted by atomic mass is 9.99. The average Bonchev–Trinajstić information content (AvgIpc) is 3.07. The van der Waals surface area contributed by atoms with E-state index in [1.54, 1.807) is 12.1 Å². The Morgan fingerprint density at radius 3 is 2.79 bits per heavy atom. The lowest BCUT2D eigenvalue weighted by Crippen LogP contribution is -2.34. The normalized spacial score (nSPS) is 27.8. The van der Waals surface area contributed by atoms with Crippen LogP contribution < -0.4 is 11.1 Å². The first kappa shape index (κ1) is 18.3. The molecule has 0 radical (unpaired) electrons. The van der Waals surface area contributed by atoms with Crippen molar-refractivity contribution in [2.24, 2.45) is 23.7 Å². The monoisotopic (exact) mass is 403 g/mol. The van der Waals surface area contributed by atoms with E-state index < -0.39 is 0 Å². The number of anilines is 1. The van der Waals surface area contributed by atoms with Crippen molar-refractivity contribution in [3.63, 3.8) is 0 Å². The Balaban J connectivity index is 1.14. The molecule has 3 aliphatic rings. The Morgan fingerprint density at radius 2 is 2.04 bits per heavy atom. The number of carbonyl (C=O) groups excluding carboxylic acids is 1. The highest BCUT2D eigenvalue weighted by Crippen LogP contribution is 2.51. The number of amides is 1. The number of hydrogen-bond donors (Lipinski definition) is 2. The van der Waals surface area contributed by atoms with Gasteiger partial charge in [-0.25, -0.2) is 0 Å². The largest absolute Gasteiger partial charge is 0.463 e. The lowest BCUT2D eigenvalue weighted by Gasteiger charge is -2.28. The molecule has 0 bridgehead atoms. The van der Waals surface area contributed by atoms with Gasteiger partial charge in [-0.3, -0.25) is 4.79 Å². The Labute approximate surface area is 169 Å². The Morgan fingerprint density at radius 1 is 1.29 bits per heavy atom. The number of fused-ring (bicyclic) bond motifs is 2. The van der Waals surface area contributed by atoms with Gasteiger partial charge in [0.2, 0.25) is 0 Å². The van der Waals surface area contributed by atoms with Gasteiger partial charge in [-0.1, -0.05) is 11.6 Å². The maximum atomic E-state index is 12.7. The number of nitrogens with one attached hydrogen (secondary N) is 1. The number of rotatable bonds is 5. The number of piperidine rings is 1. The van der Waals surface area contributed by atoms with Crippen LogP contribution in [0.25, 0.3) is 11.0 Å². The van der Waals surface area contributed by atoms with Crippen molar-refractivity contribution in [1.29, 1.82) is 0 Å². The summed E-state index contributed by atoms with van der Waals surface area (Å²) in [6, 6.07) is 3.34. The molecule has 1 saturated carbocycles. The molecule has 0 spiro atoms. The number of ether oxygens (including phenoxy) is 1. The van der Waals surface area contributed by atoms with Gasteiger partial charge in [0, 0.05) is 44.8 Å². The molecule has 2 saturated heterocycles. The predicted molar refractivity (Wildman–Crippen MR) is 108 cm³/mol. The van der Waals surface area contributed by atoms with E-state index in [-0.39, 0.29) is 5.91 Å². The number of nitrogens with two attached hydrogens (primary N) is 1. The summed E-state index contributed by atoms with van der Waals surface area (Å²) < 4.78 is 10.9. The first-order chi connectivity index (χ1) is 13.6. The number of hydrogen-bond acceptors (Lipinski definition) is 5. The summed E-state index contributed by atoms with van der Waals surface area (Å²) in [6.07, 6.45) is 3.92. The first-order valence-corrected chi connectivity index (χ1v) is 10.5.